The smallest absolute Gasteiger partial charge is 0.0547 e. The molecule has 1 aliphatic rings. The summed E-state index contributed by atoms with van der Waals surface area (Å²) in [6.07, 6.45) is 0. The van der Waals surface area contributed by atoms with E-state index in [1.54, 1.807) is 0 Å². The molecule has 0 fully saturated rings. The van der Waals surface area contributed by atoms with Crippen LogP contribution in [0.3, 0.4) is 0 Å². The van der Waals surface area contributed by atoms with Crippen LogP contribution in [0.15, 0.2) is 164 Å². The van der Waals surface area contributed by atoms with Gasteiger partial charge < -0.3 is 4.57 Å². The summed E-state index contributed by atoms with van der Waals surface area (Å²) in [6, 6.07) is 61.2. The lowest BCUT2D eigenvalue weighted by Gasteiger charge is -2.21. The van der Waals surface area contributed by atoms with Gasteiger partial charge in [0, 0.05) is 21.9 Å². The SMILES string of the molecule is CC1(C)c2ccccc2-c2cc3c(cc21)c1ccccc1n3-c1cc(-c2ccc3c4ccccc4c4ccccc4c3c2)c2ccccc2c1. The quantitative estimate of drug-likeness (QED) is 0.167. The summed E-state index contributed by atoms with van der Waals surface area (Å²) in [7, 11) is 0. The number of hydrogen-bond acceptors (Lipinski definition) is 0. The van der Waals surface area contributed by atoms with E-state index in [9.17, 15) is 0 Å². The van der Waals surface area contributed by atoms with Crippen LogP contribution in [0.1, 0.15) is 25.0 Å². The van der Waals surface area contributed by atoms with Crippen molar-refractivity contribution in [3.63, 3.8) is 0 Å². The summed E-state index contributed by atoms with van der Waals surface area (Å²) in [6.45, 7) is 4.74. The van der Waals surface area contributed by atoms with Crippen molar-refractivity contribution in [3.8, 4) is 27.9 Å². The summed E-state index contributed by atoms with van der Waals surface area (Å²) >= 11 is 0. The second-order valence-corrected chi connectivity index (χ2v) is 14.5. The Balaban J connectivity index is 1.22. The average Bonchev–Trinajstić information content (AvgIpc) is 3.61. The van der Waals surface area contributed by atoms with E-state index in [0.717, 1.165) is 0 Å². The van der Waals surface area contributed by atoms with Gasteiger partial charge in [-0.2, -0.15) is 0 Å². The van der Waals surface area contributed by atoms with E-state index < -0.39 is 0 Å². The van der Waals surface area contributed by atoms with Crippen molar-refractivity contribution in [1.29, 1.82) is 0 Å². The summed E-state index contributed by atoms with van der Waals surface area (Å²) in [5, 5.41) is 12.9. The first-order valence-corrected chi connectivity index (χ1v) is 17.6. The van der Waals surface area contributed by atoms with Crippen LogP contribution < -0.4 is 0 Å². The standard InChI is InChI=1S/C49H33N/c1-49(2)45-21-11-9-19-39(45)43-29-48-44(28-46(43)49)40-20-10-12-22-47(40)50(48)32-25-30-13-3-4-14-33(30)41(27-32)31-23-24-38-36-17-6-5-15-34(36)35-16-7-8-18-37(35)42(38)26-31/h3-29H,1-2H3. The third-order valence-corrected chi connectivity index (χ3v) is 11.5. The van der Waals surface area contributed by atoms with Gasteiger partial charge in [0.15, 0.2) is 0 Å². The van der Waals surface area contributed by atoms with Gasteiger partial charge in [0.05, 0.1) is 11.0 Å². The van der Waals surface area contributed by atoms with Gasteiger partial charge in [-0.3, -0.25) is 0 Å². The van der Waals surface area contributed by atoms with Gasteiger partial charge in [0.1, 0.15) is 0 Å². The zero-order chi connectivity index (χ0) is 33.1. The second kappa shape index (κ2) is 9.94. The molecule has 1 aliphatic carbocycles. The molecule has 1 heterocycles. The molecular weight excluding hydrogens is 603 g/mol. The predicted molar refractivity (Wildman–Crippen MR) is 214 cm³/mol. The van der Waals surface area contributed by atoms with Crippen LogP contribution in [-0.2, 0) is 5.41 Å². The molecule has 1 nitrogen and oxygen atoms in total. The number of nitrogens with zero attached hydrogens (tertiary/aromatic N) is 1. The molecule has 9 aromatic carbocycles. The Morgan fingerprint density at radius 3 is 1.72 bits per heavy atom. The molecule has 234 valence electrons. The van der Waals surface area contributed by atoms with Crippen LogP contribution in [0.25, 0.3) is 92.8 Å². The highest BCUT2D eigenvalue weighted by molar-refractivity contribution is 6.26. The fourth-order valence-electron chi connectivity index (χ4n) is 9.18. The molecule has 0 saturated carbocycles. The van der Waals surface area contributed by atoms with E-state index >= 15 is 0 Å². The maximum absolute atomic E-state index is 2.50. The van der Waals surface area contributed by atoms with Crippen molar-refractivity contribution in [1.82, 2.24) is 4.57 Å². The van der Waals surface area contributed by atoms with Gasteiger partial charge in [-0.05, 0) is 113 Å². The van der Waals surface area contributed by atoms with Crippen LogP contribution in [0, 0.1) is 0 Å². The van der Waals surface area contributed by atoms with E-state index in [1.165, 1.54) is 104 Å². The molecule has 0 radical (unpaired) electrons. The fraction of sp³-hybridized carbons (Fsp3) is 0.0612. The molecule has 0 atom stereocenters. The van der Waals surface area contributed by atoms with Gasteiger partial charge in [-0.1, -0.05) is 141 Å². The largest absolute Gasteiger partial charge is 0.309 e. The van der Waals surface area contributed by atoms with Crippen molar-refractivity contribution in [3.05, 3.63) is 175 Å². The van der Waals surface area contributed by atoms with Crippen LogP contribution in [0.5, 0.6) is 0 Å². The maximum Gasteiger partial charge on any atom is 0.0547 e. The average molecular weight is 636 g/mol. The molecule has 0 spiro atoms. The molecule has 0 bridgehead atoms. The van der Waals surface area contributed by atoms with Crippen LogP contribution in [0.2, 0.25) is 0 Å². The first-order chi connectivity index (χ1) is 24.6. The lowest BCUT2D eigenvalue weighted by atomic mass is 9.82. The van der Waals surface area contributed by atoms with E-state index in [4.69, 9.17) is 0 Å². The van der Waals surface area contributed by atoms with Crippen molar-refractivity contribution in [2.75, 3.05) is 0 Å². The molecule has 10 aromatic rings. The van der Waals surface area contributed by atoms with Gasteiger partial charge in [-0.15, -0.1) is 0 Å². The lowest BCUT2D eigenvalue weighted by molar-refractivity contribution is 0.661. The Labute approximate surface area is 290 Å². The molecular formula is C49H33N. The number of rotatable bonds is 2. The maximum atomic E-state index is 2.50. The highest BCUT2D eigenvalue weighted by Crippen LogP contribution is 2.51. The van der Waals surface area contributed by atoms with Crippen LogP contribution >= 0.6 is 0 Å². The molecule has 1 aromatic heterocycles. The highest BCUT2D eigenvalue weighted by Gasteiger charge is 2.36. The van der Waals surface area contributed by atoms with Gasteiger partial charge >= 0.3 is 0 Å². The lowest BCUT2D eigenvalue weighted by Crippen LogP contribution is -2.14. The molecule has 0 amide bonds. The Morgan fingerprint density at radius 2 is 0.960 bits per heavy atom. The van der Waals surface area contributed by atoms with Crippen molar-refractivity contribution in [2.24, 2.45) is 0 Å². The fourth-order valence-corrected chi connectivity index (χ4v) is 9.18. The summed E-state index contributed by atoms with van der Waals surface area (Å²) in [5.74, 6) is 0. The molecule has 0 N–H and O–H groups in total. The third-order valence-electron chi connectivity index (χ3n) is 11.5. The number of aromatic nitrogens is 1. The minimum absolute atomic E-state index is 0.0506. The van der Waals surface area contributed by atoms with Gasteiger partial charge in [-0.25, -0.2) is 0 Å². The number of fused-ring (bicyclic) bond motifs is 13. The third kappa shape index (κ3) is 3.67. The normalized spacial score (nSPS) is 13.6. The minimum Gasteiger partial charge on any atom is -0.309 e. The molecule has 0 unspecified atom stereocenters. The number of para-hydroxylation sites is 1. The Morgan fingerprint density at radius 1 is 0.360 bits per heavy atom. The van der Waals surface area contributed by atoms with Crippen LogP contribution in [0.4, 0.5) is 0 Å². The van der Waals surface area contributed by atoms with Crippen molar-refractivity contribution in [2.45, 2.75) is 19.3 Å². The van der Waals surface area contributed by atoms with Crippen molar-refractivity contribution < 1.29 is 0 Å². The molecule has 0 saturated heterocycles. The Kier molecular flexibility index (Phi) is 5.51. The zero-order valence-corrected chi connectivity index (χ0v) is 28.0. The predicted octanol–water partition coefficient (Wildman–Crippen LogP) is 13.4. The Bertz CT molecular complexity index is 3030. The van der Waals surface area contributed by atoms with E-state index in [1.807, 2.05) is 0 Å². The summed E-state index contributed by atoms with van der Waals surface area (Å²) in [5.41, 5.74) is 11.6. The number of hydrogen-bond donors (Lipinski definition) is 0. The first-order valence-electron chi connectivity index (χ1n) is 17.6. The molecule has 1 heteroatoms. The minimum atomic E-state index is -0.0506. The van der Waals surface area contributed by atoms with Gasteiger partial charge in [0.2, 0.25) is 0 Å². The molecule has 50 heavy (non-hydrogen) atoms. The van der Waals surface area contributed by atoms with E-state index in [0.29, 0.717) is 0 Å². The Hall–Kier alpha value is -6.18. The summed E-state index contributed by atoms with van der Waals surface area (Å²) in [4.78, 5) is 0. The molecule has 0 aliphatic heterocycles. The monoisotopic (exact) mass is 635 g/mol. The second-order valence-electron chi connectivity index (χ2n) is 14.5. The van der Waals surface area contributed by atoms with Crippen molar-refractivity contribution >= 4 is 64.9 Å². The summed E-state index contributed by atoms with van der Waals surface area (Å²) < 4.78 is 2.50. The van der Waals surface area contributed by atoms with Crippen LogP contribution in [-0.4, -0.2) is 4.57 Å². The topological polar surface area (TPSA) is 4.93 Å². The molecule has 11 rings (SSSR count). The highest BCUT2D eigenvalue weighted by atomic mass is 15.0. The van der Waals surface area contributed by atoms with E-state index in [-0.39, 0.29) is 5.41 Å². The zero-order valence-electron chi connectivity index (χ0n) is 28.0. The first kappa shape index (κ1) is 27.7. The van der Waals surface area contributed by atoms with Gasteiger partial charge in [0.25, 0.3) is 0 Å². The number of benzene rings is 9. The van der Waals surface area contributed by atoms with E-state index in [2.05, 4.69) is 182 Å².